The molecule has 12 N–H and O–H groups in total. The highest BCUT2D eigenvalue weighted by molar-refractivity contribution is 5.94. The van der Waals surface area contributed by atoms with Crippen LogP contribution in [0, 0.1) is 5.92 Å². The molecule has 0 aliphatic rings. The molecule has 0 aliphatic carbocycles. The van der Waals surface area contributed by atoms with Gasteiger partial charge in [0.2, 0.25) is 17.7 Å². The van der Waals surface area contributed by atoms with E-state index in [2.05, 4.69) is 20.9 Å². The van der Waals surface area contributed by atoms with Crippen molar-refractivity contribution >= 4 is 35.6 Å². The molecule has 0 aromatic rings. The number of aliphatic imine (C=N–C) groups is 1. The van der Waals surface area contributed by atoms with Crippen molar-refractivity contribution in [1.29, 1.82) is 0 Å². The van der Waals surface area contributed by atoms with E-state index >= 15 is 0 Å². The van der Waals surface area contributed by atoms with Gasteiger partial charge in [0, 0.05) is 13.0 Å². The van der Waals surface area contributed by atoms with Crippen molar-refractivity contribution in [3.8, 4) is 0 Å². The Labute approximate surface area is 202 Å². The van der Waals surface area contributed by atoms with Crippen LogP contribution < -0.4 is 33.2 Å². The summed E-state index contributed by atoms with van der Waals surface area (Å²) in [5.41, 5.74) is 16.1. The number of carboxylic acid groups (broad SMARTS) is 2. The first-order valence-corrected chi connectivity index (χ1v) is 11.1. The third kappa shape index (κ3) is 12.5. The topological polar surface area (TPSA) is 273 Å². The van der Waals surface area contributed by atoms with Crippen molar-refractivity contribution in [2.75, 3.05) is 13.2 Å². The third-order valence-electron chi connectivity index (χ3n) is 5.17. The Morgan fingerprint density at radius 2 is 1.51 bits per heavy atom. The Kier molecular flexibility index (Phi) is 14.6. The molecule has 3 amide bonds. The van der Waals surface area contributed by atoms with E-state index in [-0.39, 0.29) is 37.7 Å². The van der Waals surface area contributed by atoms with Gasteiger partial charge in [-0.1, -0.05) is 20.3 Å². The second-order valence-corrected chi connectivity index (χ2v) is 8.00. The van der Waals surface area contributed by atoms with E-state index in [9.17, 15) is 29.1 Å². The van der Waals surface area contributed by atoms with Gasteiger partial charge in [0.25, 0.3) is 0 Å². The normalized spacial score (nSPS) is 15.0. The number of rotatable bonds is 17. The van der Waals surface area contributed by atoms with E-state index in [1.165, 1.54) is 0 Å². The van der Waals surface area contributed by atoms with E-state index in [1.54, 1.807) is 13.8 Å². The highest BCUT2D eigenvalue weighted by Gasteiger charge is 2.32. The summed E-state index contributed by atoms with van der Waals surface area (Å²) < 4.78 is 0. The number of carbonyl (C=O) groups is 5. The van der Waals surface area contributed by atoms with E-state index in [4.69, 9.17) is 27.4 Å². The predicted molar refractivity (Wildman–Crippen MR) is 125 cm³/mol. The summed E-state index contributed by atoms with van der Waals surface area (Å²) in [7, 11) is 0. The largest absolute Gasteiger partial charge is 0.481 e. The van der Waals surface area contributed by atoms with Crippen LogP contribution in [-0.4, -0.2) is 88.3 Å². The van der Waals surface area contributed by atoms with Crippen LogP contribution in [-0.2, 0) is 24.0 Å². The Morgan fingerprint density at radius 3 is 2.00 bits per heavy atom. The average molecular weight is 504 g/mol. The number of guanidine groups is 1. The van der Waals surface area contributed by atoms with E-state index in [0.29, 0.717) is 6.42 Å². The van der Waals surface area contributed by atoms with E-state index in [0.717, 1.165) is 0 Å². The van der Waals surface area contributed by atoms with Gasteiger partial charge in [0.15, 0.2) is 5.96 Å². The molecule has 200 valence electrons. The Bertz CT molecular complexity index is 773. The molecule has 5 atom stereocenters. The van der Waals surface area contributed by atoms with Gasteiger partial charge in [-0.2, -0.15) is 0 Å². The Hall–Kier alpha value is -3.46. The molecule has 0 aromatic heterocycles. The van der Waals surface area contributed by atoms with Gasteiger partial charge in [0.05, 0.1) is 6.61 Å². The number of aliphatic hydroxyl groups excluding tert-OH is 1. The average Bonchev–Trinajstić information content (AvgIpc) is 2.79. The fourth-order valence-corrected chi connectivity index (χ4v) is 2.88. The molecule has 0 fully saturated rings. The molecule has 0 rings (SSSR count). The molecule has 0 spiro atoms. The number of aliphatic carboxylic acids is 2. The number of carbonyl (C=O) groups excluding carboxylic acids is 3. The lowest BCUT2D eigenvalue weighted by molar-refractivity contribution is -0.143. The van der Waals surface area contributed by atoms with Crippen LogP contribution in [0.3, 0.4) is 0 Å². The van der Waals surface area contributed by atoms with Crippen LogP contribution in [0.15, 0.2) is 4.99 Å². The molecule has 0 aromatic carbocycles. The molecule has 5 unspecified atom stereocenters. The molecule has 35 heavy (non-hydrogen) atoms. The zero-order chi connectivity index (χ0) is 27.1. The molecule has 0 aliphatic heterocycles. The Balaban J connectivity index is 5.65. The minimum Gasteiger partial charge on any atom is -0.481 e. The van der Waals surface area contributed by atoms with Gasteiger partial charge >= 0.3 is 11.9 Å². The monoisotopic (exact) mass is 503 g/mol. The number of nitrogens with zero attached hydrogens (tertiary/aromatic N) is 1. The first kappa shape index (κ1) is 31.5. The first-order chi connectivity index (χ1) is 16.3. The van der Waals surface area contributed by atoms with E-state index < -0.39 is 66.9 Å². The predicted octanol–water partition coefficient (Wildman–Crippen LogP) is -3.19. The number of hydrogen-bond acceptors (Lipinski definition) is 8. The van der Waals surface area contributed by atoms with Crippen LogP contribution in [0.5, 0.6) is 0 Å². The maximum Gasteiger partial charge on any atom is 0.326 e. The second kappa shape index (κ2) is 16.2. The number of nitrogens with two attached hydrogens (primary N) is 3. The number of hydrogen-bond donors (Lipinski definition) is 9. The van der Waals surface area contributed by atoms with Gasteiger partial charge in [-0.15, -0.1) is 0 Å². The zero-order valence-electron chi connectivity index (χ0n) is 19.9. The van der Waals surface area contributed by atoms with Crippen LogP contribution in [0.4, 0.5) is 0 Å². The zero-order valence-corrected chi connectivity index (χ0v) is 19.9. The smallest absolute Gasteiger partial charge is 0.326 e. The minimum atomic E-state index is -1.50. The molecular weight excluding hydrogens is 466 g/mol. The summed E-state index contributed by atoms with van der Waals surface area (Å²) >= 11 is 0. The van der Waals surface area contributed by atoms with Crippen LogP contribution in [0.2, 0.25) is 0 Å². The molecule has 0 bridgehead atoms. The molecule has 0 saturated carbocycles. The summed E-state index contributed by atoms with van der Waals surface area (Å²) in [4.78, 5) is 64.0. The van der Waals surface area contributed by atoms with Crippen molar-refractivity contribution in [1.82, 2.24) is 16.0 Å². The third-order valence-corrected chi connectivity index (χ3v) is 5.17. The van der Waals surface area contributed by atoms with Crippen LogP contribution in [0.25, 0.3) is 0 Å². The second-order valence-electron chi connectivity index (χ2n) is 8.00. The van der Waals surface area contributed by atoms with Crippen molar-refractivity contribution < 1.29 is 39.3 Å². The molecule has 0 heterocycles. The molecular formula is C20H37N7O8. The SMILES string of the molecule is CCC(C)C(NC(=O)C(N)CO)C(=O)NC(CCCN=C(N)N)C(=O)NC(CCC(=O)O)C(=O)O. The maximum absolute atomic E-state index is 13.0. The first-order valence-electron chi connectivity index (χ1n) is 11.1. The summed E-state index contributed by atoms with van der Waals surface area (Å²) in [5, 5.41) is 34.4. The van der Waals surface area contributed by atoms with Crippen molar-refractivity contribution in [3.05, 3.63) is 0 Å². The maximum atomic E-state index is 13.0. The molecule has 0 saturated heterocycles. The molecule has 15 nitrogen and oxygen atoms in total. The lowest BCUT2D eigenvalue weighted by Crippen LogP contribution is -2.59. The summed E-state index contributed by atoms with van der Waals surface area (Å²) in [6.07, 6.45) is -0.137. The lowest BCUT2D eigenvalue weighted by atomic mass is 9.97. The molecule has 0 radical (unpaired) electrons. The standard InChI is InChI=1S/C20H37N7O8/c1-3-10(2)15(27-16(31)11(21)9-28)18(33)25-12(5-4-8-24-20(22)23)17(32)26-13(19(34)35)6-7-14(29)30/h10-13,15,28H,3-9,21H2,1-2H3,(H,25,33)(H,26,32)(H,27,31)(H,29,30)(H,34,35)(H4,22,23,24). The quantitative estimate of drug-likeness (QED) is 0.0541. The van der Waals surface area contributed by atoms with Gasteiger partial charge in [-0.3, -0.25) is 24.2 Å². The van der Waals surface area contributed by atoms with Crippen molar-refractivity contribution in [2.45, 2.75) is 70.1 Å². The summed E-state index contributed by atoms with van der Waals surface area (Å²) in [6.45, 7) is 2.96. The van der Waals surface area contributed by atoms with Gasteiger partial charge in [-0.25, -0.2) is 4.79 Å². The van der Waals surface area contributed by atoms with Crippen LogP contribution in [0.1, 0.15) is 46.0 Å². The number of amides is 3. The van der Waals surface area contributed by atoms with Gasteiger partial charge < -0.3 is 48.5 Å². The van der Waals surface area contributed by atoms with Gasteiger partial charge in [-0.05, 0) is 25.2 Å². The van der Waals surface area contributed by atoms with Crippen LogP contribution >= 0.6 is 0 Å². The van der Waals surface area contributed by atoms with Crippen molar-refractivity contribution in [3.63, 3.8) is 0 Å². The number of aliphatic hydroxyl groups is 1. The number of carboxylic acids is 2. The number of nitrogens with one attached hydrogen (secondary N) is 3. The molecule has 15 heteroatoms. The fourth-order valence-electron chi connectivity index (χ4n) is 2.88. The minimum absolute atomic E-state index is 0.0109. The fraction of sp³-hybridized carbons (Fsp3) is 0.700. The van der Waals surface area contributed by atoms with E-state index in [1.807, 2.05) is 0 Å². The van der Waals surface area contributed by atoms with Crippen molar-refractivity contribution in [2.24, 2.45) is 28.1 Å². The lowest BCUT2D eigenvalue weighted by Gasteiger charge is -2.27. The summed E-state index contributed by atoms with van der Waals surface area (Å²) in [6, 6.07) is -5.08. The Morgan fingerprint density at radius 1 is 0.914 bits per heavy atom. The highest BCUT2D eigenvalue weighted by atomic mass is 16.4. The van der Waals surface area contributed by atoms with Gasteiger partial charge in [0.1, 0.15) is 24.2 Å². The summed E-state index contributed by atoms with van der Waals surface area (Å²) in [5.74, 6) is -5.57. The highest BCUT2D eigenvalue weighted by Crippen LogP contribution is 2.10.